The fraction of sp³-hybridized carbons (Fsp3) is 0.200. The first-order valence-electron chi connectivity index (χ1n) is 6.33. The van der Waals surface area contributed by atoms with Crippen LogP contribution in [0.3, 0.4) is 0 Å². The van der Waals surface area contributed by atoms with Crippen LogP contribution < -0.4 is 4.90 Å². The van der Waals surface area contributed by atoms with E-state index in [1.54, 1.807) is 43.1 Å². The van der Waals surface area contributed by atoms with Crippen molar-refractivity contribution in [3.8, 4) is 6.07 Å². The number of aryl methyl sites for hydroxylation is 1. The molecule has 1 aromatic carbocycles. The van der Waals surface area contributed by atoms with Crippen molar-refractivity contribution >= 4 is 11.5 Å². The molecule has 0 bridgehead atoms. The van der Waals surface area contributed by atoms with Crippen LogP contribution in [0.1, 0.15) is 16.8 Å². The smallest absolute Gasteiger partial charge is 0.311 e. The van der Waals surface area contributed by atoms with Gasteiger partial charge < -0.3 is 4.90 Å². The third kappa shape index (κ3) is 3.34. The molecule has 0 unspecified atom stereocenters. The summed E-state index contributed by atoms with van der Waals surface area (Å²) in [6, 6.07) is 12.3. The molecular formula is C15H14N4O2. The van der Waals surface area contributed by atoms with Crippen LogP contribution in [0, 0.1) is 28.4 Å². The lowest BCUT2D eigenvalue weighted by Gasteiger charge is -2.18. The molecule has 0 atom stereocenters. The van der Waals surface area contributed by atoms with Crippen LogP contribution in [0.4, 0.5) is 11.5 Å². The molecule has 0 spiro atoms. The van der Waals surface area contributed by atoms with Gasteiger partial charge in [0, 0.05) is 25.4 Å². The Balaban J connectivity index is 2.32. The van der Waals surface area contributed by atoms with Crippen LogP contribution >= 0.6 is 0 Å². The normalized spacial score (nSPS) is 9.95. The highest BCUT2D eigenvalue weighted by Gasteiger charge is 2.19. The van der Waals surface area contributed by atoms with Gasteiger partial charge in [-0.3, -0.25) is 10.1 Å². The van der Waals surface area contributed by atoms with Gasteiger partial charge >= 0.3 is 5.69 Å². The molecule has 2 rings (SSSR count). The maximum atomic E-state index is 11.1. The highest BCUT2D eigenvalue weighted by Crippen LogP contribution is 2.26. The number of nitriles is 1. The van der Waals surface area contributed by atoms with E-state index in [-0.39, 0.29) is 5.69 Å². The quantitative estimate of drug-likeness (QED) is 0.636. The van der Waals surface area contributed by atoms with Gasteiger partial charge in [-0.2, -0.15) is 5.26 Å². The molecule has 0 saturated carbocycles. The topological polar surface area (TPSA) is 83.1 Å². The summed E-state index contributed by atoms with van der Waals surface area (Å²) in [7, 11) is 1.74. The first-order valence-corrected chi connectivity index (χ1v) is 6.33. The second kappa shape index (κ2) is 6.01. The molecule has 0 N–H and O–H groups in total. The number of anilines is 1. The fourth-order valence-electron chi connectivity index (χ4n) is 2.05. The lowest BCUT2D eigenvalue weighted by Crippen LogP contribution is -2.19. The van der Waals surface area contributed by atoms with E-state index in [9.17, 15) is 10.1 Å². The number of nitro groups is 1. The van der Waals surface area contributed by atoms with E-state index in [1.165, 1.54) is 6.07 Å². The minimum atomic E-state index is -0.441. The molecule has 21 heavy (non-hydrogen) atoms. The minimum absolute atomic E-state index is 0.0282. The predicted molar refractivity (Wildman–Crippen MR) is 78.9 cm³/mol. The Morgan fingerprint density at radius 3 is 2.81 bits per heavy atom. The summed E-state index contributed by atoms with van der Waals surface area (Å²) in [6.07, 6.45) is 0. The average molecular weight is 282 g/mol. The first kappa shape index (κ1) is 14.5. The van der Waals surface area contributed by atoms with Crippen LogP contribution in [0.2, 0.25) is 0 Å². The first-order chi connectivity index (χ1) is 10.0. The Hall–Kier alpha value is -2.94. The third-order valence-electron chi connectivity index (χ3n) is 3.03. The van der Waals surface area contributed by atoms with Crippen molar-refractivity contribution in [3.05, 3.63) is 63.3 Å². The molecular weight excluding hydrogens is 268 g/mol. The molecule has 0 saturated heterocycles. The lowest BCUT2D eigenvalue weighted by atomic mass is 10.1. The Morgan fingerprint density at radius 1 is 1.38 bits per heavy atom. The number of nitrogens with zero attached hydrogens (tertiary/aromatic N) is 4. The zero-order valence-electron chi connectivity index (χ0n) is 11.8. The molecule has 6 nitrogen and oxygen atoms in total. The largest absolute Gasteiger partial charge is 0.350 e. The summed E-state index contributed by atoms with van der Waals surface area (Å²) in [5.41, 5.74) is 2.15. The van der Waals surface area contributed by atoms with Gasteiger partial charge in [-0.05, 0) is 30.7 Å². The molecule has 0 radical (unpaired) electrons. The van der Waals surface area contributed by atoms with E-state index in [0.717, 1.165) is 5.56 Å². The number of hydrogen-bond donors (Lipinski definition) is 0. The number of hydrogen-bond acceptors (Lipinski definition) is 5. The van der Waals surface area contributed by atoms with Crippen LogP contribution in [0.15, 0.2) is 36.4 Å². The third-order valence-corrected chi connectivity index (χ3v) is 3.03. The van der Waals surface area contributed by atoms with Gasteiger partial charge in [0.05, 0.1) is 16.6 Å². The summed E-state index contributed by atoms with van der Waals surface area (Å²) >= 11 is 0. The van der Waals surface area contributed by atoms with E-state index in [1.807, 2.05) is 6.07 Å². The second-order valence-electron chi connectivity index (χ2n) is 4.72. The lowest BCUT2D eigenvalue weighted by molar-refractivity contribution is -0.384. The summed E-state index contributed by atoms with van der Waals surface area (Å²) < 4.78 is 0. The Morgan fingerprint density at radius 2 is 2.14 bits per heavy atom. The van der Waals surface area contributed by atoms with Crippen molar-refractivity contribution in [2.24, 2.45) is 0 Å². The second-order valence-corrected chi connectivity index (χ2v) is 4.72. The monoisotopic (exact) mass is 282 g/mol. The molecule has 0 aliphatic rings. The van der Waals surface area contributed by atoms with Gasteiger partial charge in [0.25, 0.3) is 0 Å². The van der Waals surface area contributed by atoms with Crippen LogP contribution in [-0.4, -0.2) is 17.0 Å². The Labute approximate surface area is 122 Å². The summed E-state index contributed by atoms with van der Waals surface area (Å²) in [5, 5.41) is 20.0. The van der Waals surface area contributed by atoms with E-state index in [2.05, 4.69) is 11.1 Å². The van der Waals surface area contributed by atoms with Crippen molar-refractivity contribution in [1.82, 2.24) is 4.98 Å². The number of rotatable bonds is 4. The maximum Gasteiger partial charge on any atom is 0.311 e. The van der Waals surface area contributed by atoms with Crippen molar-refractivity contribution in [2.45, 2.75) is 13.5 Å². The SMILES string of the molecule is Cc1ccc([N+](=O)[O-])c(N(C)Cc2cccc(C#N)c2)n1. The van der Waals surface area contributed by atoms with E-state index >= 15 is 0 Å². The van der Waals surface area contributed by atoms with Crippen LogP contribution in [0.25, 0.3) is 0 Å². The zero-order chi connectivity index (χ0) is 15.4. The molecule has 106 valence electrons. The molecule has 0 amide bonds. The number of benzene rings is 1. The van der Waals surface area contributed by atoms with Gasteiger partial charge in [0.2, 0.25) is 5.82 Å². The van der Waals surface area contributed by atoms with E-state index in [4.69, 9.17) is 5.26 Å². The molecule has 0 fully saturated rings. The van der Waals surface area contributed by atoms with Crippen LogP contribution in [0.5, 0.6) is 0 Å². The predicted octanol–water partition coefficient (Wildman–Crippen LogP) is 2.81. The Kier molecular flexibility index (Phi) is 4.14. The summed E-state index contributed by atoms with van der Waals surface area (Å²) in [6.45, 7) is 2.23. The van der Waals surface area contributed by atoms with Gasteiger partial charge in [0.1, 0.15) is 0 Å². The van der Waals surface area contributed by atoms with Crippen molar-refractivity contribution in [2.75, 3.05) is 11.9 Å². The summed E-state index contributed by atoms with van der Waals surface area (Å²) in [4.78, 5) is 16.6. The fourth-order valence-corrected chi connectivity index (χ4v) is 2.05. The molecule has 1 heterocycles. The molecule has 0 aliphatic carbocycles. The van der Waals surface area contributed by atoms with Crippen molar-refractivity contribution in [3.63, 3.8) is 0 Å². The van der Waals surface area contributed by atoms with Crippen molar-refractivity contribution in [1.29, 1.82) is 5.26 Å². The molecule has 2 aromatic rings. The molecule has 0 aliphatic heterocycles. The molecule has 6 heteroatoms. The van der Waals surface area contributed by atoms with E-state index in [0.29, 0.717) is 23.6 Å². The average Bonchev–Trinajstić information content (AvgIpc) is 2.47. The highest BCUT2D eigenvalue weighted by molar-refractivity contribution is 5.58. The van der Waals surface area contributed by atoms with Crippen LogP contribution in [-0.2, 0) is 6.54 Å². The Bertz CT molecular complexity index is 722. The van der Waals surface area contributed by atoms with Crippen molar-refractivity contribution < 1.29 is 4.92 Å². The number of pyridine rings is 1. The number of aromatic nitrogens is 1. The highest BCUT2D eigenvalue weighted by atomic mass is 16.6. The molecule has 1 aromatic heterocycles. The zero-order valence-corrected chi connectivity index (χ0v) is 11.8. The van der Waals surface area contributed by atoms with Gasteiger partial charge in [-0.15, -0.1) is 0 Å². The standard InChI is InChI=1S/C15H14N4O2/c1-11-6-7-14(19(20)21)15(17-11)18(2)10-13-5-3-4-12(8-13)9-16/h3-8H,10H2,1-2H3. The summed E-state index contributed by atoms with van der Waals surface area (Å²) in [5.74, 6) is 0.322. The maximum absolute atomic E-state index is 11.1. The van der Waals surface area contributed by atoms with Gasteiger partial charge in [-0.25, -0.2) is 4.98 Å². The van der Waals surface area contributed by atoms with Gasteiger partial charge in [-0.1, -0.05) is 12.1 Å². The minimum Gasteiger partial charge on any atom is -0.350 e. The van der Waals surface area contributed by atoms with E-state index < -0.39 is 4.92 Å². The van der Waals surface area contributed by atoms with Gasteiger partial charge in [0.15, 0.2) is 0 Å².